The van der Waals surface area contributed by atoms with Crippen LogP contribution in [-0.2, 0) is 14.8 Å². The van der Waals surface area contributed by atoms with Crippen LogP contribution < -0.4 is 19.4 Å². The van der Waals surface area contributed by atoms with Gasteiger partial charge < -0.3 is 9.64 Å². The number of amides is 1. The number of nitrogens with zero attached hydrogens (tertiary/aromatic N) is 3. The van der Waals surface area contributed by atoms with Gasteiger partial charge >= 0.3 is 0 Å². The Labute approximate surface area is 227 Å². The van der Waals surface area contributed by atoms with E-state index in [-0.39, 0.29) is 4.90 Å². The molecule has 0 radical (unpaired) electrons. The van der Waals surface area contributed by atoms with Crippen LogP contribution in [0, 0.1) is 6.92 Å². The number of ether oxygens (including phenoxy) is 1. The van der Waals surface area contributed by atoms with Crippen molar-refractivity contribution in [1.29, 1.82) is 0 Å². The summed E-state index contributed by atoms with van der Waals surface area (Å²) < 4.78 is 33.9. The molecule has 0 spiro atoms. The zero-order valence-electron chi connectivity index (χ0n) is 21.3. The molecule has 3 rings (SSSR count). The molecule has 0 aliphatic carbocycles. The third kappa shape index (κ3) is 7.11. The van der Waals surface area contributed by atoms with Crippen molar-refractivity contribution >= 4 is 49.4 Å². The van der Waals surface area contributed by atoms with Crippen molar-refractivity contribution in [1.82, 2.24) is 5.43 Å². The summed E-state index contributed by atoms with van der Waals surface area (Å²) in [5, 5.41) is 4.03. The Hall–Kier alpha value is -3.37. The molecule has 0 bridgehead atoms. The van der Waals surface area contributed by atoms with Crippen molar-refractivity contribution in [2.75, 3.05) is 35.9 Å². The number of hydrazone groups is 1. The van der Waals surface area contributed by atoms with Crippen LogP contribution in [0.5, 0.6) is 5.75 Å². The van der Waals surface area contributed by atoms with Crippen LogP contribution in [0.4, 0.5) is 11.4 Å². The van der Waals surface area contributed by atoms with Crippen LogP contribution >= 0.6 is 15.9 Å². The summed E-state index contributed by atoms with van der Waals surface area (Å²) in [5.74, 6) is -0.0780. The Morgan fingerprint density at radius 2 is 1.62 bits per heavy atom. The van der Waals surface area contributed by atoms with Gasteiger partial charge in [-0.05, 0) is 84.7 Å². The number of rotatable bonds is 11. The molecule has 0 saturated carbocycles. The first kappa shape index (κ1) is 28.2. The minimum atomic E-state index is -4.07. The Kier molecular flexibility index (Phi) is 9.71. The number of carbonyl (C=O) groups is 1. The molecule has 196 valence electrons. The summed E-state index contributed by atoms with van der Waals surface area (Å²) >= 11 is 3.33. The molecule has 0 aliphatic rings. The van der Waals surface area contributed by atoms with E-state index in [0.717, 1.165) is 34.2 Å². The maximum Gasteiger partial charge on any atom is 0.264 e. The fraction of sp³-hybridized carbons (Fsp3) is 0.259. The van der Waals surface area contributed by atoms with Gasteiger partial charge in [-0.15, -0.1) is 0 Å². The van der Waals surface area contributed by atoms with Gasteiger partial charge in [-0.3, -0.25) is 9.10 Å². The van der Waals surface area contributed by atoms with Gasteiger partial charge in [0, 0.05) is 18.8 Å². The second-order valence-electron chi connectivity index (χ2n) is 8.20. The van der Waals surface area contributed by atoms with Crippen molar-refractivity contribution in [3.05, 3.63) is 82.3 Å². The maximum atomic E-state index is 13.6. The Morgan fingerprint density at radius 3 is 2.19 bits per heavy atom. The summed E-state index contributed by atoms with van der Waals surface area (Å²) in [6, 6.07) is 19.2. The lowest BCUT2D eigenvalue weighted by Gasteiger charge is -2.24. The zero-order chi connectivity index (χ0) is 27.0. The van der Waals surface area contributed by atoms with Crippen LogP contribution in [0.1, 0.15) is 25.0 Å². The minimum absolute atomic E-state index is 0.0188. The summed E-state index contributed by atoms with van der Waals surface area (Å²) in [7, 11) is -2.58. The minimum Gasteiger partial charge on any atom is -0.496 e. The Morgan fingerprint density at radius 1 is 1.00 bits per heavy atom. The van der Waals surface area contributed by atoms with Gasteiger partial charge in [-0.2, -0.15) is 5.10 Å². The van der Waals surface area contributed by atoms with Crippen LogP contribution in [0.2, 0.25) is 0 Å². The number of hydrogen-bond acceptors (Lipinski definition) is 6. The molecule has 37 heavy (non-hydrogen) atoms. The topological polar surface area (TPSA) is 91.3 Å². The highest BCUT2D eigenvalue weighted by Gasteiger charge is 2.28. The summed E-state index contributed by atoms with van der Waals surface area (Å²) in [6.07, 6.45) is 1.52. The largest absolute Gasteiger partial charge is 0.496 e. The Bertz CT molecular complexity index is 1340. The van der Waals surface area contributed by atoms with Gasteiger partial charge in [0.25, 0.3) is 15.9 Å². The van der Waals surface area contributed by atoms with E-state index in [9.17, 15) is 13.2 Å². The van der Waals surface area contributed by atoms with Crippen LogP contribution in [0.25, 0.3) is 0 Å². The fourth-order valence-electron chi connectivity index (χ4n) is 3.67. The molecule has 1 N–H and O–H groups in total. The van der Waals surface area contributed by atoms with Gasteiger partial charge in [0.05, 0.1) is 28.4 Å². The van der Waals surface area contributed by atoms with E-state index in [1.807, 2.05) is 31.2 Å². The van der Waals surface area contributed by atoms with E-state index < -0.39 is 22.5 Å². The normalized spacial score (nSPS) is 11.4. The molecule has 0 heterocycles. The molecule has 3 aromatic rings. The number of halogens is 1. The lowest BCUT2D eigenvalue weighted by atomic mass is 10.2. The predicted octanol–water partition coefficient (Wildman–Crippen LogP) is 4.96. The molecule has 0 fully saturated rings. The molecule has 0 saturated heterocycles. The van der Waals surface area contributed by atoms with Crippen molar-refractivity contribution in [3.8, 4) is 5.75 Å². The summed E-state index contributed by atoms with van der Waals surface area (Å²) in [6.45, 7) is 7.47. The van der Waals surface area contributed by atoms with Crippen molar-refractivity contribution in [3.63, 3.8) is 0 Å². The van der Waals surface area contributed by atoms with Gasteiger partial charge in [-0.25, -0.2) is 13.8 Å². The van der Waals surface area contributed by atoms with Crippen LogP contribution in [0.3, 0.4) is 0 Å². The first-order chi connectivity index (χ1) is 17.7. The van der Waals surface area contributed by atoms with E-state index >= 15 is 0 Å². The first-order valence-electron chi connectivity index (χ1n) is 11.8. The van der Waals surface area contributed by atoms with Crippen molar-refractivity contribution in [2.45, 2.75) is 25.7 Å². The summed E-state index contributed by atoms with van der Waals surface area (Å²) in [4.78, 5) is 15.0. The molecular formula is C27H31BrN4O4S. The number of carbonyl (C=O) groups excluding carboxylic acids is 1. The fourth-order valence-corrected chi connectivity index (χ4v) is 5.81. The second kappa shape index (κ2) is 12.7. The monoisotopic (exact) mass is 586 g/mol. The van der Waals surface area contributed by atoms with E-state index in [2.05, 4.69) is 45.2 Å². The molecule has 0 unspecified atom stereocenters. The molecular weight excluding hydrogens is 556 g/mol. The Balaban J connectivity index is 1.79. The number of nitrogens with one attached hydrogen (secondary N) is 1. The average Bonchev–Trinajstić information content (AvgIpc) is 2.89. The highest BCUT2D eigenvalue weighted by molar-refractivity contribution is 9.10. The third-order valence-corrected chi connectivity index (χ3v) is 8.13. The highest BCUT2D eigenvalue weighted by atomic mass is 79.9. The van der Waals surface area contributed by atoms with E-state index in [1.165, 1.54) is 25.5 Å². The smallest absolute Gasteiger partial charge is 0.264 e. The highest BCUT2D eigenvalue weighted by Crippen LogP contribution is 2.30. The summed E-state index contributed by atoms with van der Waals surface area (Å²) in [5.41, 5.74) is 5.69. The number of hydrogen-bond donors (Lipinski definition) is 1. The predicted molar refractivity (Wildman–Crippen MR) is 152 cm³/mol. The number of benzene rings is 3. The number of aryl methyl sites for hydroxylation is 1. The number of sulfonamides is 1. The molecule has 3 aromatic carbocycles. The standard InChI is InChI=1S/C27H31BrN4O4S/c1-5-31(6-2)22-13-9-21(10-14-22)18-29-30-27(33)19-32(23-11-7-20(3)8-12-23)37(34,35)24-15-16-26(36-4)25(28)17-24/h7-18H,5-6,19H2,1-4H3,(H,30,33)/b29-18-. The van der Waals surface area contributed by atoms with Gasteiger partial charge in [0.15, 0.2) is 0 Å². The second-order valence-corrected chi connectivity index (χ2v) is 10.9. The van der Waals surface area contributed by atoms with Gasteiger partial charge in [0.2, 0.25) is 0 Å². The lowest BCUT2D eigenvalue weighted by Crippen LogP contribution is -2.39. The average molecular weight is 588 g/mol. The zero-order valence-corrected chi connectivity index (χ0v) is 23.7. The van der Waals surface area contributed by atoms with Crippen molar-refractivity contribution < 1.29 is 17.9 Å². The quantitative estimate of drug-likeness (QED) is 0.253. The van der Waals surface area contributed by atoms with E-state index in [4.69, 9.17) is 4.74 Å². The molecule has 8 nitrogen and oxygen atoms in total. The number of methoxy groups -OCH3 is 1. The molecule has 0 aliphatic heterocycles. The van der Waals surface area contributed by atoms with Gasteiger partial charge in [0.1, 0.15) is 12.3 Å². The van der Waals surface area contributed by atoms with E-state index in [1.54, 1.807) is 30.3 Å². The van der Waals surface area contributed by atoms with Crippen LogP contribution in [-0.4, -0.2) is 47.3 Å². The molecule has 0 atom stereocenters. The third-order valence-electron chi connectivity index (χ3n) is 5.74. The number of anilines is 2. The molecule has 10 heteroatoms. The SMILES string of the molecule is CCN(CC)c1ccc(/C=N\NC(=O)CN(c2ccc(C)cc2)S(=O)(=O)c2ccc(OC)c(Br)c2)cc1. The first-order valence-corrected chi connectivity index (χ1v) is 14.0. The molecule has 0 aromatic heterocycles. The van der Waals surface area contributed by atoms with Crippen LogP contribution in [0.15, 0.2) is 81.2 Å². The maximum absolute atomic E-state index is 13.6. The van der Waals surface area contributed by atoms with Gasteiger partial charge in [-0.1, -0.05) is 29.8 Å². The lowest BCUT2D eigenvalue weighted by molar-refractivity contribution is -0.119. The van der Waals surface area contributed by atoms with E-state index in [0.29, 0.717) is 15.9 Å². The molecule has 1 amide bonds. The van der Waals surface area contributed by atoms with Crippen molar-refractivity contribution in [2.24, 2.45) is 5.10 Å².